The first-order valence-corrected chi connectivity index (χ1v) is 10.3. The topological polar surface area (TPSA) is 50.8 Å². The molecule has 0 spiro atoms. The number of carbonyl (C=O) groups is 1. The Hall–Kier alpha value is -1.89. The van der Waals surface area contributed by atoms with Crippen molar-refractivity contribution in [3.05, 3.63) is 47.5 Å². The number of amides is 1. The lowest BCUT2D eigenvalue weighted by atomic mass is 10.2. The summed E-state index contributed by atoms with van der Waals surface area (Å²) >= 11 is 7.89. The SMILES string of the molecule is CCOc1ccc(SCC(=O)Nc2cccc(Cl)c2N2CCOCC2)cc1. The van der Waals surface area contributed by atoms with Gasteiger partial charge in [0.25, 0.3) is 0 Å². The van der Waals surface area contributed by atoms with Gasteiger partial charge in [0.05, 0.1) is 42.0 Å². The molecule has 1 N–H and O–H groups in total. The van der Waals surface area contributed by atoms with Crippen molar-refractivity contribution >= 4 is 40.6 Å². The highest BCUT2D eigenvalue weighted by atomic mass is 35.5. The van der Waals surface area contributed by atoms with Crippen molar-refractivity contribution in [3.63, 3.8) is 0 Å². The smallest absolute Gasteiger partial charge is 0.234 e. The number of benzene rings is 2. The van der Waals surface area contributed by atoms with Gasteiger partial charge in [0, 0.05) is 18.0 Å². The summed E-state index contributed by atoms with van der Waals surface area (Å²) < 4.78 is 10.8. The Morgan fingerprint density at radius 3 is 2.67 bits per heavy atom. The van der Waals surface area contributed by atoms with E-state index in [1.54, 1.807) is 0 Å². The largest absolute Gasteiger partial charge is 0.494 e. The molecule has 7 heteroatoms. The van der Waals surface area contributed by atoms with Crippen molar-refractivity contribution in [2.24, 2.45) is 0 Å². The number of ether oxygens (including phenoxy) is 2. The van der Waals surface area contributed by atoms with Crippen LogP contribution in [0.5, 0.6) is 5.75 Å². The first-order chi connectivity index (χ1) is 13.2. The van der Waals surface area contributed by atoms with Crippen LogP contribution in [0.3, 0.4) is 0 Å². The highest BCUT2D eigenvalue weighted by molar-refractivity contribution is 8.00. The minimum absolute atomic E-state index is 0.0642. The zero-order chi connectivity index (χ0) is 19.1. The second-order valence-electron chi connectivity index (χ2n) is 5.98. The number of hydrogen-bond acceptors (Lipinski definition) is 5. The van der Waals surface area contributed by atoms with Gasteiger partial charge in [0.2, 0.25) is 5.91 Å². The van der Waals surface area contributed by atoms with E-state index in [-0.39, 0.29) is 5.91 Å². The van der Waals surface area contributed by atoms with Crippen LogP contribution >= 0.6 is 23.4 Å². The number of hydrogen-bond donors (Lipinski definition) is 1. The highest BCUT2D eigenvalue weighted by Crippen LogP contribution is 2.34. The molecular weight excluding hydrogens is 384 g/mol. The molecule has 2 aromatic rings. The Morgan fingerprint density at radius 1 is 1.22 bits per heavy atom. The summed E-state index contributed by atoms with van der Waals surface area (Å²) in [6.45, 7) is 5.42. The summed E-state index contributed by atoms with van der Waals surface area (Å²) in [6, 6.07) is 13.3. The van der Waals surface area contributed by atoms with Crippen LogP contribution in [0.1, 0.15) is 6.92 Å². The number of nitrogens with one attached hydrogen (secondary N) is 1. The Morgan fingerprint density at radius 2 is 1.96 bits per heavy atom. The van der Waals surface area contributed by atoms with Gasteiger partial charge in [-0.2, -0.15) is 0 Å². The number of anilines is 2. The van der Waals surface area contributed by atoms with E-state index >= 15 is 0 Å². The number of nitrogens with zero attached hydrogens (tertiary/aromatic N) is 1. The van der Waals surface area contributed by atoms with Gasteiger partial charge in [-0.05, 0) is 43.3 Å². The van der Waals surface area contributed by atoms with Gasteiger partial charge in [-0.25, -0.2) is 0 Å². The van der Waals surface area contributed by atoms with E-state index in [0.717, 1.165) is 35.1 Å². The van der Waals surface area contributed by atoms with Crippen LogP contribution in [0.25, 0.3) is 0 Å². The minimum Gasteiger partial charge on any atom is -0.494 e. The average molecular weight is 407 g/mol. The average Bonchev–Trinajstić information content (AvgIpc) is 2.68. The number of thioether (sulfide) groups is 1. The maximum Gasteiger partial charge on any atom is 0.234 e. The lowest BCUT2D eigenvalue weighted by molar-refractivity contribution is -0.113. The second kappa shape index (κ2) is 9.88. The third-order valence-corrected chi connectivity index (χ3v) is 5.41. The minimum atomic E-state index is -0.0642. The van der Waals surface area contributed by atoms with Gasteiger partial charge in [-0.1, -0.05) is 17.7 Å². The van der Waals surface area contributed by atoms with E-state index in [2.05, 4.69) is 10.2 Å². The van der Waals surface area contributed by atoms with Gasteiger partial charge in [-0.15, -0.1) is 11.8 Å². The number of para-hydroxylation sites is 1. The molecule has 0 saturated carbocycles. The monoisotopic (exact) mass is 406 g/mol. The number of halogens is 1. The molecule has 0 bridgehead atoms. The summed E-state index contributed by atoms with van der Waals surface area (Å²) in [5.74, 6) is 1.09. The quantitative estimate of drug-likeness (QED) is 0.694. The molecular formula is C20H23ClN2O3S. The number of morpholine rings is 1. The molecule has 3 rings (SSSR count). The van der Waals surface area contributed by atoms with Gasteiger partial charge in [0.1, 0.15) is 5.75 Å². The molecule has 0 unspecified atom stereocenters. The second-order valence-corrected chi connectivity index (χ2v) is 7.43. The van der Waals surface area contributed by atoms with Gasteiger partial charge < -0.3 is 19.7 Å². The van der Waals surface area contributed by atoms with Crippen LogP contribution in [0, 0.1) is 0 Å². The third-order valence-electron chi connectivity index (χ3n) is 4.09. The van der Waals surface area contributed by atoms with Crippen molar-refractivity contribution in [1.29, 1.82) is 0 Å². The fourth-order valence-corrected chi connectivity index (χ4v) is 3.85. The van der Waals surface area contributed by atoms with Gasteiger partial charge in [0.15, 0.2) is 0 Å². The fraction of sp³-hybridized carbons (Fsp3) is 0.350. The van der Waals surface area contributed by atoms with Gasteiger partial charge in [-0.3, -0.25) is 4.79 Å². The highest BCUT2D eigenvalue weighted by Gasteiger charge is 2.19. The lowest BCUT2D eigenvalue weighted by Crippen LogP contribution is -2.37. The fourth-order valence-electron chi connectivity index (χ4n) is 2.86. The van der Waals surface area contributed by atoms with Crippen LogP contribution in [0.2, 0.25) is 5.02 Å². The molecule has 0 radical (unpaired) electrons. The van der Waals surface area contributed by atoms with Crippen LogP contribution < -0.4 is 15.0 Å². The van der Waals surface area contributed by atoms with Crippen molar-refractivity contribution in [2.75, 3.05) is 48.9 Å². The molecule has 0 aliphatic carbocycles. The number of carbonyl (C=O) groups excluding carboxylic acids is 1. The Labute approximate surface area is 169 Å². The molecule has 27 heavy (non-hydrogen) atoms. The maximum atomic E-state index is 12.5. The molecule has 1 heterocycles. The van der Waals surface area contributed by atoms with Crippen molar-refractivity contribution in [2.45, 2.75) is 11.8 Å². The van der Waals surface area contributed by atoms with Gasteiger partial charge >= 0.3 is 0 Å². The predicted molar refractivity (Wildman–Crippen MR) is 111 cm³/mol. The van der Waals surface area contributed by atoms with E-state index in [1.807, 2.05) is 49.4 Å². The van der Waals surface area contributed by atoms with E-state index < -0.39 is 0 Å². The normalized spacial score (nSPS) is 14.1. The molecule has 1 aliphatic rings. The molecule has 0 atom stereocenters. The molecule has 1 amide bonds. The summed E-state index contributed by atoms with van der Waals surface area (Å²) in [4.78, 5) is 15.6. The third kappa shape index (κ3) is 5.54. The molecule has 1 aliphatic heterocycles. The summed E-state index contributed by atoms with van der Waals surface area (Å²) in [7, 11) is 0. The molecule has 5 nitrogen and oxygen atoms in total. The predicted octanol–water partition coefficient (Wildman–Crippen LogP) is 4.31. The standard InChI is InChI=1S/C20H23ClN2O3S/c1-2-26-15-6-8-16(9-7-15)27-14-19(24)22-18-5-3-4-17(21)20(18)23-10-12-25-13-11-23/h3-9H,2,10-14H2,1H3,(H,22,24). The Balaban J connectivity index is 1.61. The van der Waals surface area contributed by atoms with Crippen molar-refractivity contribution < 1.29 is 14.3 Å². The number of rotatable bonds is 7. The summed E-state index contributed by atoms with van der Waals surface area (Å²) in [5.41, 5.74) is 1.60. The molecule has 0 aromatic heterocycles. The first-order valence-electron chi connectivity index (χ1n) is 8.94. The summed E-state index contributed by atoms with van der Waals surface area (Å²) in [5, 5.41) is 3.63. The lowest BCUT2D eigenvalue weighted by Gasteiger charge is -2.31. The van der Waals surface area contributed by atoms with Crippen molar-refractivity contribution in [1.82, 2.24) is 0 Å². The van der Waals surface area contributed by atoms with Crippen molar-refractivity contribution in [3.8, 4) is 5.75 Å². The van der Waals surface area contributed by atoms with Crippen LogP contribution in [0.15, 0.2) is 47.4 Å². The van der Waals surface area contributed by atoms with E-state index in [1.165, 1.54) is 11.8 Å². The van der Waals surface area contributed by atoms with E-state index in [4.69, 9.17) is 21.1 Å². The summed E-state index contributed by atoms with van der Waals surface area (Å²) in [6.07, 6.45) is 0. The zero-order valence-corrected chi connectivity index (χ0v) is 16.8. The molecule has 144 valence electrons. The van der Waals surface area contributed by atoms with Crippen LogP contribution in [-0.4, -0.2) is 44.6 Å². The first kappa shape index (κ1) is 19.9. The van der Waals surface area contributed by atoms with E-state index in [0.29, 0.717) is 30.6 Å². The molecule has 1 saturated heterocycles. The Kier molecular flexibility index (Phi) is 7.26. The molecule has 1 fully saturated rings. The zero-order valence-electron chi connectivity index (χ0n) is 15.2. The van der Waals surface area contributed by atoms with Crippen LogP contribution in [-0.2, 0) is 9.53 Å². The molecule has 2 aromatic carbocycles. The Bertz CT molecular complexity index is 764. The van der Waals surface area contributed by atoms with Crippen LogP contribution in [0.4, 0.5) is 11.4 Å². The maximum absolute atomic E-state index is 12.5. The van der Waals surface area contributed by atoms with E-state index in [9.17, 15) is 4.79 Å².